The third-order valence-electron chi connectivity index (χ3n) is 4.91. The van der Waals surface area contributed by atoms with E-state index < -0.39 is 0 Å². The number of rotatable bonds is 6. The standard InChI is InChI=1S/C19H23ClN4O2S/c1-25-15-11-16(26-2)23-17(22-15)24-18(27)21-12-19(8-3-4-9-19)13-6-5-7-14(20)10-13/h5-7,10-11H,3-4,8-9,12H2,1-2H3,(H2,21,22,23,24,27). The summed E-state index contributed by atoms with van der Waals surface area (Å²) in [4.78, 5) is 8.47. The Balaban J connectivity index is 1.69. The van der Waals surface area contributed by atoms with Gasteiger partial charge >= 0.3 is 0 Å². The predicted octanol–water partition coefficient (Wildman–Crippen LogP) is 3.95. The molecule has 0 amide bonds. The van der Waals surface area contributed by atoms with Crippen molar-refractivity contribution in [1.29, 1.82) is 0 Å². The summed E-state index contributed by atoms with van der Waals surface area (Å²) in [6.45, 7) is 0.722. The molecule has 144 valence electrons. The molecule has 0 spiro atoms. The van der Waals surface area contributed by atoms with Crippen LogP contribution in [0.4, 0.5) is 5.95 Å². The van der Waals surface area contributed by atoms with Crippen molar-refractivity contribution >= 4 is 34.9 Å². The Morgan fingerprint density at radius 3 is 2.41 bits per heavy atom. The Morgan fingerprint density at radius 2 is 1.81 bits per heavy atom. The minimum atomic E-state index is 0.0313. The first-order chi connectivity index (χ1) is 13.0. The SMILES string of the molecule is COc1cc(OC)nc(NC(=S)NCC2(c3cccc(Cl)c3)CCCC2)n1. The van der Waals surface area contributed by atoms with Crippen LogP contribution in [0, 0.1) is 0 Å². The lowest BCUT2D eigenvalue weighted by molar-refractivity contribution is 0.373. The van der Waals surface area contributed by atoms with E-state index in [1.165, 1.54) is 32.6 Å². The zero-order valence-corrected chi connectivity index (χ0v) is 17.0. The Kier molecular flexibility index (Phi) is 6.34. The van der Waals surface area contributed by atoms with Gasteiger partial charge in [-0.05, 0) is 42.8 Å². The molecular weight excluding hydrogens is 384 g/mol. The molecule has 3 rings (SSSR count). The van der Waals surface area contributed by atoms with Crippen LogP contribution in [0.1, 0.15) is 31.2 Å². The van der Waals surface area contributed by atoms with E-state index in [1.54, 1.807) is 6.07 Å². The van der Waals surface area contributed by atoms with Gasteiger partial charge < -0.3 is 20.1 Å². The molecule has 2 aromatic rings. The number of methoxy groups -OCH3 is 2. The number of ether oxygens (including phenoxy) is 2. The van der Waals surface area contributed by atoms with Crippen molar-refractivity contribution in [2.75, 3.05) is 26.1 Å². The molecule has 1 aromatic carbocycles. The second kappa shape index (κ2) is 8.71. The molecule has 27 heavy (non-hydrogen) atoms. The number of thiocarbonyl (C=S) groups is 1. The second-order valence-corrected chi connectivity index (χ2v) is 7.43. The largest absolute Gasteiger partial charge is 0.481 e. The monoisotopic (exact) mass is 406 g/mol. The number of nitrogens with one attached hydrogen (secondary N) is 2. The molecule has 1 heterocycles. The molecule has 0 saturated heterocycles. The van der Waals surface area contributed by atoms with E-state index in [2.05, 4.69) is 32.7 Å². The highest BCUT2D eigenvalue weighted by Gasteiger charge is 2.35. The van der Waals surface area contributed by atoms with Gasteiger partial charge in [-0.15, -0.1) is 0 Å². The van der Waals surface area contributed by atoms with Gasteiger partial charge in [0.2, 0.25) is 17.7 Å². The van der Waals surface area contributed by atoms with Crippen molar-refractivity contribution in [1.82, 2.24) is 15.3 Å². The van der Waals surface area contributed by atoms with Crippen LogP contribution in [0.5, 0.6) is 11.8 Å². The quantitative estimate of drug-likeness (QED) is 0.704. The first kappa shape index (κ1) is 19.6. The maximum absolute atomic E-state index is 6.21. The Bertz CT molecular complexity index is 790. The summed E-state index contributed by atoms with van der Waals surface area (Å²) in [5.41, 5.74) is 1.28. The Morgan fingerprint density at radius 1 is 1.15 bits per heavy atom. The number of aromatic nitrogens is 2. The number of benzene rings is 1. The van der Waals surface area contributed by atoms with Crippen LogP contribution in [0.25, 0.3) is 0 Å². The van der Waals surface area contributed by atoms with Crippen LogP contribution >= 0.6 is 23.8 Å². The summed E-state index contributed by atoms with van der Waals surface area (Å²) in [5, 5.41) is 7.55. The summed E-state index contributed by atoms with van der Waals surface area (Å²) < 4.78 is 10.3. The number of anilines is 1. The molecule has 1 aliphatic carbocycles. The molecule has 1 saturated carbocycles. The van der Waals surface area contributed by atoms with E-state index >= 15 is 0 Å². The topological polar surface area (TPSA) is 68.3 Å². The number of hydrogen-bond donors (Lipinski definition) is 2. The Hall–Kier alpha value is -2.12. The number of nitrogens with zero attached hydrogens (tertiary/aromatic N) is 2. The first-order valence-corrected chi connectivity index (χ1v) is 9.61. The van der Waals surface area contributed by atoms with E-state index in [-0.39, 0.29) is 5.41 Å². The highest BCUT2D eigenvalue weighted by atomic mass is 35.5. The van der Waals surface area contributed by atoms with Crippen molar-refractivity contribution in [2.24, 2.45) is 0 Å². The normalized spacial score (nSPS) is 15.2. The summed E-state index contributed by atoms with van der Waals surface area (Å²) in [6.07, 6.45) is 4.61. The lowest BCUT2D eigenvalue weighted by Crippen LogP contribution is -2.41. The van der Waals surface area contributed by atoms with Crippen molar-refractivity contribution in [2.45, 2.75) is 31.1 Å². The predicted molar refractivity (Wildman–Crippen MR) is 111 cm³/mol. The molecule has 0 atom stereocenters. The van der Waals surface area contributed by atoms with Crippen molar-refractivity contribution in [3.63, 3.8) is 0 Å². The van der Waals surface area contributed by atoms with Crippen molar-refractivity contribution in [3.8, 4) is 11.8 Å². The fraction of sp³-hybridized carbons (Fsp3) is 0.421. The molecule has 8 heteroatoms. The minimum absolute atomic E-state index is 0.0313. The van der Waals surface area contributed by atoms with Crippen LogP contribution in [0.2, 0.25) is 5.02 Å². The second-order valence-electron chi connectivity index (χ2n) is 6.58. The fourth-order valence-corrected chi connectivity index (χ4v) is 3.86. The zero-order chi connectivity index (χ0) is 19.3. The average Bonchev–Trinajstić information content (AvgIpc) is 3.16. The van der Waals surface area contributed by atoms with Crippen molar-refractivity contribution in [3.05, 3.63) is 40.9 Å². The molecule has 6 nitrogen and oxygen atoms in total. The van der Waals surface area contributed by atoms with Gasteiger partial charge in [-0.25, -0.2) is 0 Å². The third kappa shape index (κ3) is 4.78. The molecule has 1 aromatic heterocycles. The lowest BCUT2D eigenvalue weighted by Gasteiger charge is -2.30. The van der Waals surface area contributed by atoms with Gasteiger partial charge in [0.1, 0.15) is 0 Å². The smallest absolute Gasteiger partial charge is 0.235 e. The zero-order valence-electron chi connectivity index (χ0n) is 15.4. The first-order valence-electron chi connectivity index (χ1n) is 8.83. The van der Waals surface area contributed by atoms with Crippen molar-refractivity contribution < 1.29 is 9.47 Å². The van der Waals surface area contributed by atoms with E-state index in [0.29, 0.717) is 22.8 Å². The van der Waals surface area contributed by atoms with E-state index in [9.17, 15) is 0 Å². The summed E-state index contributed by atoms with van der Waals surface area (Å²) in [6, 6.07) is 9.71. The van der Waals surface area contributed by atoms with Crippen LogP contribution in [0.15, 0.2) is 30.3 Å². The highest BCUT2D eigenvalue weighted by Crippen LogP contribution is 2.41. The van der Waals surface area contributed by atoms with Gasteiger partial charge in [0.15, 0.2) is 5.11 Å². The average molecular weight is 407 g/mol. The lowest BCUT2D eigenvalue weighted by atomic mass is 9.79. The fourth-order valence-electron chi connectivity index (χ4n) is 3.50. The summed E-state index contributed by atoms with van der Waals surface area (Å²) in [5.74, 6) is 1.13. The highest BCUT2D eigenvalue weighted by molar-refractivity contribution is 7.80. The minimum Gasteiger partial charge on any atom is -0.481 e. The van der Waals surface area contributed by atoms with E-state index in [4.69, 9.17) is 33.3 Å². The molecule has 1 aliphatic rings. The van der Waals surface area contributed by atoms with E-state index in [0.717, 1.165) is 24.4 Å². The van der Waals surface area contributed by atoms with Gasteiger partial charge in [-0.2, -0.15) is 9.97 Å². The Labute approximate surface area is 169 Å². The van der Waals surface area contributed by atoms with Crippen LogP contribution in [-0.4, -0.2) is 35.8 Å². The molecular formula is C19H23ClN4O2S. The van der Waals surface area contributed by atoms with Gasteiger partial charge in [0, 0.05) is 17.0 Å². The molecule has 0 unspecified atom stereocenters. The third-order valence-corrected chi connectivity index (χ3v) is 5.39. The number of hydrogen-bond acceptors (Lipinski definition) is 5. The molecule has 0 bridgehead atoms. The maximum atomic E-state index is 6.21. The summed E-state index contributed by atoms with van der Waals surface area (Å²) in [7, 11) is 3.08. The maximum Gasteiger partial charge on any atom is 0.235 e. The molecule has 0 aliphatic heterocycles. The summed E-state index contributed by atoms with van der Waals surface area (Å²) >= 11 is 11.7. The van der Waals surface area contributed by atoms with Gasteiger partial charge in [0.25, 0.3) is 0 Å². The van der Waals surface area contributed by atoms with Gasteiger partial charge in [0.05, 0.1) is 20.3 Å². The molecule has 1 fully saturated rings. The van der Waals surface area contributed by atoms with E-state index in [1.807, 2.05) is 12.1 Å². The van der Waals surface area contributed by atoms with Gasteiger partial charge in [-0.1, -0.05) is 36.6 Å². The van der Waals surface area contributed by atoms with Crippen LogP contribution in [-0.2, 0) is 5.41 Å². The molecule has 0 radical (unpaired) electrons. The molecule has 2 N–H and O–H groups in total. The van der Waals surface area contributed by atoms with Crippen LogP contribution in [0.3, 0.4) is 0 Å². The van der Waals surface area contributed by atoms with Gasteiger partial charge in [-0.3, -0.25) is 0 Å². The number of halogens is 1. The van der Waals surface area contributed by atoms with Crippen LogP contribution < -0.4 is 20.1 Å².